The normalized spacial score (nSPS) is 10.0. The van der Waals surface area contributed by atoms with Gasteiger partial charge in [-0.15, -0.1) is 0 Å². The summed E-state index contributed by atoms with van der Waals surface area (Å²) in [5.74, 6) is 0. The van der Waals surface area contributed by atoms with E-state index >= 15 is 0 Å². The van der Waals surface area contributed by atoms with Gasteiger partial charge in [-0.3, -0.25) is 14.8 Å². The van der Waals surface area contributed by atoms with E-state index in [2.05, 4.69) is 10.1 Å². The highest BCUT2D eigenvalue weighted by Gasteiger charge is 1.97. The van der Waals surface area contributed by atoms with Crippen LogP contribution in [0.3, 0.4) is 0 Å². The minimum absolute atomic E-state index is 0.0364. The Morgan fingerprint density at radius 2 is 2.33 bits per heavy atom. The summed E-state index contributed by atoms with van der Waals surface area (Å²) >= 11 is 0. The summed E-state index contributed by atoms with van der Waals surface area (Å²) in [5, 5.41) is 13.8. The van der Waals surface area contributed by atoms with E-state index in [0.29, 0.717) is 13.0 Å². The molecule has 66 valence electrons. The van der Waals surface area contributed by atoms with Crippen LogP contribution in [0.15, 0.2) is 12.7 Å². The maximum absolute atomic E-state index is 9.93. The SMILES string of the molecule is O=[N+]([O-])CCCCn1cncn1. The lowest BCUT2D eigenvalue weighted by Gasteiger charge is -1.96. The number of unbranched alkanes of at least 4 members (excludes halogenated alkanes) is 1. The van der Waals surface area contributed by atoms with Gasteiger partial charge in [-0.2, -0.15) is 5.10 Å². The Kier molecular flexibility index (Phi) is 3.18. The predicted octanol–water partition coefficient (Wildman–Crippen LogP) is 0.335. The number of aryl methyl sites for hydroxylation is 1. The molecule has 1 rings (SSSR count). The molecule has 12 heavy (non-hydrogen) atoms. The van der Waals surface area contributed by atoms with Crippen molar-refractivity contribution in [2.24, 2.45) is 0 Å². The number of hydrogen-bond acceptors (Lipinski definition) is 4. The lowest BCUT2D eigenvalue weighted by molar-refractivity contribution is -0.480. The van der Waals surface area contributed by atoms with Crippen LogP contribution in [0.1, 0.15) is 12.8 Å². The molecule has 0 aliphatic heterocycles. The molecule has 0 spiro atoms. The third-order valence-electron chi connectivity index (χ3n) is 1.44. The zero-order valence-corrected chi connectivity index (χ0v) is 6.59. The van der Waals surface area contributed by atoms with Crippen molar-refractivity contribution in [3.63, 3.8) is 0 Å². The van der Waals surface area contributed by atoms with Crippen molar-refractivity contribution in [2.75, 3.05) is 6.54 Å². The van der Waals surface area contributed by atoms with Crippen LogP contribution in [0.4, 0.5) is 0 Å². The summed E-state index contributed by atoms with van der Waals surface area (Å²) in [4.78, 5) is 13.4. The molecule has 1 heterocycles. The van der Waals surface area contributed by atoms with E-state index in [1.807, 2.05) is 0 Å². The number of hydrogen-bond donors (Lipinski definition) is 0. The van der Waals surface area contributed by atoms with Crippen LogP contribution in [0.2, 0.25) is 0 Å². The Hall–Kier alpha value is -1.46. The Morgan fingerprint density at radius 3 is 2.92 bits per heavy atom. The van der Waals surface area contributed by atoms with Crippen molar-refractivity contribution in [3.05, 3.63) is 22.8 Å². The highest BCUT2D eigenvalue weighted by Crippen LogP contribution is 1.92. The zero-order valence-electron chi connectivity index (χ0n) is 6.59. The van der Waals surface area contributed by atoms with Gasteiger partial charge in [0.15, 0.2) is 0 Å². The van der Waals surface area contributed by atoms with Crippen molar-refractivity contribution >= 4 is 0 Å². The van der Waals surface area contributed by atoms with Crippen LogP contribution in [0, 0.1) is 10.1 Å². The van der Waals surface area contributed by atoms with Crippen LogP contribution in [-0.2, 0) is 6.54 Å². The van der Waals surface area contributed by atoms with Gasteiger partial charge in [0.1, 0.15) is 12.7 Å². The highest BCUT2D eigenvalue weighted by molar-refractivity contribution is 4.55. The van der Waals surface area contributed by atoms with E-state index < -0.39 is 0 Å². The zero-order chi connectivity index (χ0) is 8.81. The molecular formula is C6H10N4O2. The predicted molar refractivity (Wildman–Crippen MR) is 41.1 cm³/mol. The van der Waals surface area contributed by atoms with Gasteiger partial charge in [0.2, 0.25) is 6.54 Å². The van der Waals surface area contributed by atoms with E-state index in [4.69, 9.17) is 0 Å². The van der Waals surface area contributed by atoms with Crippen LogP contribution in [-0.4, -0.2) is 26.2 Å². The monoisotopic (exact) mass is 170 g/mol. The summed E-state index contributed by atoms with van der Waals surface area (Å²) in [5.41, 5.74) is 0. The molecule has 0 saturated carbocycles. The molecular weight excluding hydrogens is 160 g/mol. The first-order chi connectivity index (χ1) is 5.79. The molecule has 0 saturated heterocycles. The first kappa shape index (κ1) is 8.63. The maximum Gasteiger partial charge on any atom is 0.203 e. The van der Waals surface area contributed by atoms with Crippen molar-refractivity contribution < 1.29 is 4.92 Å². The molecule has 0 aromatic carbocycles. The Labute approximate surface area is 69.4 Å². The van der Waals surface area contributed by atoms with Gasteiger partial charge in [-0.1, -0.05) is 0 Å². The first-order valence-electron chi connectivity index (χ1n) is 3.73. The molecule has 0 atom stereocenters. The quantitative estimate of drug-likeness (QED) is 0.362. The smallest absolute Gasteiger partial charge is 0.203 e. The molecule has 0 fully saturated rings. The third-order valence-corrected chi connectivity index (χ3v) is 1.44. The van der Waals surface area contributed by atoms with E-state index in [1.54, 1.807) is 11.0 Å². The van der Waals surface area contributed by atoms with Gasteiger partial charge in [-0.05, 0) is 6.42 Å². The largest absolute Gasteiger partial charge is 0.265 e. The van der Waals surface area contributed by atoms with Crippen LogP contribution in [0.5, 0.6) is 0 Å². The maximum atomic E-state index is 9.93. The molecule has 6 nitrogen and oxygen atoms in total. The van der Waals surface area contributed by atoms with Crippen LogP contribution >= 0.6 is 0 Å². The highest BCUT2D eigenvalue weighted by atomic mass is 16.6. The van der Waals surface area contributed by atoms with Crippen molar-refractivity contribution in [3.8, 4) is 0 Å². The molecule has 0 amide bonds. The fourth-order valence-corrected chi connectivity index (χ4v) is 0.863. The average Bonchev–Trinajstić information content (AvgIpc) is 2.49. The molecule has 0 unspecified atom stereocenters. The van der Waals surface area contributed by atoms with Crippen molar-refractivity contribution in [2.45, 2.75) is 19.4 Å². The summed E-state index contributed by atoms with van der Waals surface area (Å²) in [6.45, 7) is 0.739. The van der Waals surface area contributed by atoms with Gasteiger partial charge in [0.05, 0.1) is 0 Å². The average molecular weight is 170 g/mol. The fraction of sp³-hybridized carbons (Fsp3) is 0.667. The standard InChI is InChI=1S/C6H10N4O2/c11-10(12)4-2-1-3-9-6-7-5-8-9/h5-6H,1-4H2. The number of nitrogens with zero attached hydrogens (tertiary/aromatic N) is 4. The molecule has 1 aromatic rings. The molecule has 0 radical (unpaired) electrons. The Morgan fingerprint density at radius 1 is 1.50 bits per heavy atom. The van der Waals surface area contributed by atoms with E-state index in [9.17, 15) is 10.1 Å². The van der Waals surface area contributed by atoms with Gasteiger partial charge >= 0.3 is 0 Å². The lowest BCUT2D eigenvalue weighted by atomic mass is 10.3. The minimum Gasteiger partial charge on any atom is -0.265 e. The fourth-order valence-electron chi connectivity index (χ4n) is 0.863. The van der Waals surface area contributed by atoms with Crippen molar-refractivity contribution in [1.82, 2.24) is 14.8 Å². The molecule has 0 aliphatic rings. The van der Waals surface area contributed by atoms with Gasteiger partial charge in [0, 0.05) is 17.9 Å². The Bertz CT molecular complexity index is 234. The minimum atomic E-state index is -0.304. The van der Waals surface area contributed by atoms with E-state index in [1.165, 1.54) is 6.33 Å². The second-order valence-corrected chi connectivity index (χ2v) is 2.42. The number of nitro groups is 1. The van der Waals surface area contributed by atoms with Crippen molar-refractivity contribution in [1.29, 1.82) is 0 Å². The van der Waals surface area contributed by atoms with Crippen LogP contribution in [0.25, 0.3) is 0 Å². The molecule has 6 heteroatoms. The second-order valence-electron chi connectivity index (χ2n) is 2.42. The second kappa shape index (κ2) is 4.42. The molecule has 0 bridgehead atoms. The van der Waals surface area contributed by atoms with Gasteiger partial charge in [0.25, 0.3) is 0 Å². The lowest BCUT2D eigenvalue weighted by Crippen LogP contribution is -2.04. The van der Waals surface area contributed by atoms with Gasteiger partial charge < -0.3 is 0 Å². The molecule has 0 aliphatic carbocycles. The number of aromatic nitrogens is 3. The first-order valence-corrected chi connectivity index (χ1v) is 3.73. The summed E-state index contributed by atoms with van der Waals surface area (Å²) < 4.78 is 1.67. The summed E-state index contributed by atoms with van der Waals surface area (Å²) in [6.07, 6.45) is 4.41. The van der Waals surface area contributed by atoms with Gasteiger partial charge in [-0.25, -0.2) is 4.98 Å². The topological polar surface area (TPSA) is 73.8 Å². The molecule has 1 aromatic heterocycles. The third kappa shape index (κ3) is 3.09. The summed E-state index contributed by atoms with van der Waals surface area (Å²) in [6, 6.07) is 0. The Balaban J connectivity index is 2.07. The van der Waals surface area contributed by atoms with Crippen LogP contribution < -0.4 is 0 Å². The summed E-state index contributed by atoms with van der Waals surface area (Å²) in [7, 11) is 0. The molecule has 0 N–H and O–H groups in total. The van der Waals surface area contributed by atoms with E-state index in [0.717, 1.165) is 6.42 Å². The number of rotatable bonds is 5. The van der Waals surface area contributed by atoms with E-state index in [-0.39, 0.29) is 11.5 Å².